The molecule has 0 aliphatic rings. The maximum Gasteiger partial charge on any atom is 0.133 e. The predicted octanol–water partition coefficient (Wildman–Crippen LogP) is 3.35. The van der Waals surface area contributed by atoms with Crippen molar-refractivity contribution in [2.45, 2.75) is 12.5 Å². The van der Waals surface area contributed by atoms with Crippen molar-refractivity contribution in [1.82, 2.24) is 9.78 Å². The number of nitrogens with zero attached hydrogens (tertiary/aromatic N) is 2. The van der Waals surface area contributed by atoms with Crippen LogP contribution in [0.5, 0.6) is 0 Å². The van der Waals surface area contributed by atoms with Crippen molar-refractivity contribution < 1.29 is 5.11 Å². The molecule has 94 valence electrons. The van der Waals surface area contributed by atoms with E-state index in [1.807, 2.05) is 30.3 Å². The van der Waals surface area contributed by atoms with Crippen LogP contribution in [0, 0.1) is 0 Å². The first kappa shape index (κ1) is 12.9. The van der Waals surface area contributed by atoms with Crippen LogP contribution in [0.1, 0.15) is 18.1 Å². The molecule has 1 atom stereocenters. The fourth-order valence-electron chi connectivity index (χ4n) is 1.90. The first-order valence-electron chi connectivity index (χ1n) is 5.72. The number of aromatic nitrogens is 2. The van der Waals surface area contributed by atoms with Gasteiger partial charge >= 0.3 is 0 Å². The smallest absolute Gasteiger partial charge is 0.133 e. The Kier molecular flexibility index (Phi) is 3.84. The van der Waals surface area contributed by atoms with Crippen LogP contribution in [0.25, 0.3) is 11.3 Å². The van der Waals surface area contributed by atoms with Crippen LogP contribution in [0.4, 0.5) is 0 Å². The number of aliphatic hydroxyl groups excluding tert-OH is 1. The quantitative estimate of drug-likeness (QED) is 0.858. The molecule has 0 aliphatic carbocycles. The van der Waals surface area contributed by atoms with E-state index in [0.717, 1.165) is 11.3 Å². The second-order valence-corrected chi connectivity index (χ2v) is 4.44. The van der Waals surface area contributed by atoms with E-state index in [-0.39, 0.29) is 0 Å². The summed E-state index contributed by atoms with van der Waals surface area (Å²) in [5.41, 5.74) is 2.32. The standard InChI is InChI=1S/C14H15ClN2O/c1-3-7-11(18)12-13(16-17(2)14(12)15)10-8-5-4-6-9-10/h3-6,8-9,11,18H,1,7H2,2H3/t11-/m0/s1. The summed E-state index contributed by atoms with van der Waals surface area (Å²) in [5.74, 6) is 0. The monoisotopic (exact) mass is 262 g/mol. The molecular formula is C14H15ClN2O. The summed E-state index contributed by atoms with van der Waals surface area (Å²) in [4.78, 5) is 0. The average Bonchev–Trinajstić information content (AvgIpc) is 2.67. The Morgan fingerprint density at radius 3 is 2.72 bits per heavy atom. The third-order valence-corrected chi connectivity index (χ3v) is 3.23. The number of halogens is 1. The number of aryl methyl sites for hydroxylation is 1. The third-order valence-electron chi connectivity index (χ3n) is 2.78. The lowest BCUT2D eigenvalue weighted by atomic mass is 10.0. The lowest BCUT2D eigenvalue weighted by Gasteiger charge is -2.09. The Bertz CT molecular complexity index is 548. The van der Waals surface area contributed by atoms with Crippen molar-refractivity contribution >= 4 is 11.6 Å². The molecule has 0 fully saturated rings. The average molecular weight is 263 g/mol. The van der Waals surface area contributed by atoms with Gasteiger partial charge in [-0.25, -0.2) is 0 Å². The van der Waals surface area contributed by atoms with Crippen molar-refractivity contribution in [3.8, 4) is 11.3 Å². The van der Waals surface area contributed by atoms with Crippen molar-refractivity contribution in [2.75, 3.05) is 0 Å². The van der Waals surface area contributed by atoms with Gasteiger partial charge in [0.15, 0.2) is 0 Å². The Morgan fingerprint density at radius 2 is 2.11 bits per heavy atom. The second kappa shape index (κ2) is 5.38. The molecule has 4 heteroatoms. The number of hydrogen-bond donors (Lipinski definition) is 1. The van der Waals surface area contributed by atoms with Crippen LogP contribution in [-0.4, -0.2) is 14.9 Å². The Balaban J connectivity index is 2.54. The van der Waals surface area contributed by atoms with Crippen molar-refractivity contribution in [3.05, 3.63) is 53.7 Å². The topological polar surface area (TPSA) is 38.1 Å². The molecule has 0 saturated heterocycles. The zero-order valence-corrected chi connectivity index (χ0v) is 10.9. The first-order valence-corrected chi connectivity index (χ1v) is 6.09. The van der Waals surface area contributed by atoms with E-state index in [1.54, 1.807) is 17.8 Å². The van der Waals surface area contributed by atoms with Crippen LogP contribution in [-0.2, 0) is 7.05 Å². The van der Waals surface area contributed by atoms with Gasteiger partial charge in [-0.2, -0.15) is 5.10 Å². The highest BCUT2D eigenvalue weighted by atomic mass is 35.5. The van der Waals surface area contributed by atoms with Gasteiger partial charge in [0.1, 0.15) is 5.15 Å². The third kappa shape index (κ3) is 2.33. The van der Waals surface area contributed by atoms with E-state index in [1.165, 1.54) is 0 Å². The molecule has 0 saturated carbocycles. The zero-order valence-electron chi connectivity index (χ0n) is 10.2. The first-order chi connectivity index (χ1) is 8.65. The van der Waals surface area contributed by atoms with E-state index < -0.39 is 6.10 Å². The molecular weight excluding hydrogens is 248 g/mol. The van der Waals surface area contributed by atoms with Gasteiger partial charge in [-0.15, -0.1) is 6.58 Å². The summed E-state index contributed by atoms with van der Waals surface area (Å²) in [6, 6.07) is 9.70. The van der Waals surface area contributed by atoms with E-state index in [0.29, 0.717) is 17.1 Å². The summed E-state index contributed by atoms with van der Waals surface area (Å²) < 4.78 is 1.57. The van der Waals surface area contributed by atoms with Crippen molar-refractivity contribution in [1.29, 1.82) is 0 Å². The van der Waals surface area contributed by atoms with Crippen LogP contribution < -0.4 is 0 Å². The van der Waals surface area contributed by atoms with Crippen LogP contribution in [0.3, 0.4) is 0 Å². The maximum absolute atomic E-state index is 10.1. The molecule has 2 rings (SSSR count). The Hall–Kier alpha value is -1.58. The minimum atomic E-state index is -0.682. The number of hydrogen-bond acceptors (Lipinski definition) is 2. The molecule has 2 aromatic rings. The maximum atomic E-state index is 10.1. The Morgan fingerprint density at radius 1 is 1.44 bits per heavy atom. The summed E-state index contributed by atoms with van der Waals surface area (Å²) in [6.45, 7) is 3.63. The lowest BCUT2D eigenvalue weighted by molar-refractivity contribution is 0.182. The molecule has 0 radical (unpaired) electrons. The lowest BCUT2D eigenvalue weighted by Crippen LogP contribution is -1.97. The van der Waals surface area contributed by atoms with E-state index >= 15 is 0 Å². The fraction of sp³-hybridized carbons (Fsp3) is 0.214. The van der Waals surface area contributed by atoms with Gasteiger partial charge in [0.2, 0.25) is 0 Å². The minimum Gasteiger partial charge on any atom is -0.388 e. The van der Waals surface area contributed by atoms with Crippen LogP contribution in [0.2, 0.25) is 5.15 Å². The van der Waals surface area contributed by atoms with Crippen molar-refractivity contribution in [3.63, 3.8) is 0 Å². The fourth-order valence-corrected chi connectivity index (χ4v) is 2.15. The summed E-state index contributed by atoms with van der Waals surface area (Å²) >= 11 is 6.20. The van der Waals surface area contributed by atoms with Crippen molar-refractivity contribution in [2.24, 2.45) is 7.05 Å². The van der Waals surface area contributed by atoms with E-state index in [4.69, 9.17) is 11.6 Å². The molecule has 1 aromatic carbocycles. The van der Waals surface area contributed by atoms with Crippen LogP contribution in [0.15, 0.2) is 43.0 Å². The SMILES string of the molecule is C=CC[C@H](O)c1c(-c2ccccc2)nn(C)c1Cl. The molecule has 1 heterocycles. The van der Waals surface area contributed by atoms with Gasteiger partial charge in [0.25, 0.3) is 0 Å². The number of rotatable bonds is 4. The van der Waals surface area contributed by atoms with E-state index in [9.17, 15) is 5.11 Å². The minimum absolute atomic E-state index is 0.450. The summed E-state index contributed by atoms with van der Waals surface area (Å²) in [5, 5.41) is 15.0. The van der Waals surface area contributed by atoms with Gasteiger partial charge in [0.05, 0.1) is 11.8 Å². The zero-order chi connectivity index (χ0) is 13.1. The molecule has 0 amide bonds. The molecule has 18 heavy (non-hydrogen) atoms. The normalized spacial score (nSPS) is 12.4. The highest BCUT2D eigenvalue weighted by Gasteiger charge is 2.21. The number of aliphatic hydroxyl groups is 1. The van der Waals surface area contributed by atoms with Gasteiger partial charge in [0, 0.05) is 18.2 Å². The molecule has 1 aromatic heterocycles. The van der Waals surface area contributed by atoms with Gasteiger partial charge < -0.3 is 5.11 Å². The Labute approximate surface area is 111 Å². The highest BCUT2D eigenvalue weighted by Crippen LogP contribution is 2.34. The molecule has 0 aliphatic heterocycles. The van der Waals surface area contributed by atoms with Gasteiger partial charge in [-0.05, 0) is 6.42 Å². The van der Waals surface area contributed by atoms with Crippen LogP contribution >= 0.6 is 11.6 Å². The highest BCUT2D eigenvalue weighted by molar-refractivity contribution is 6.30. The van der Waals surface area contributed by atoms with Gasteiger partial charge in [-0.3, -0.25) is 4.68 Å². The van der Waals surface area contributed by atoms with E-state index in [2.05, 4.69) is 11.7 Å². The predicted molar refractivity (Wildman–Crippen MR) is 73.4 cm³/mol. The molecule has 1 N–H and O–H groups in total. The second-order valence-electron chi connectivity index (χ2n) is 4.08. The largest absolute Gasteiger partial charge is 0.388 e. The molecule has 0 spiro atoms. The number of benzene rings is 1. The molecule has 0 bridgehead atoms. The van der Waals surface area contributed by atoms with Gasteiger partial charge in [-0.1, -0.05) is 48.0 Å². The summed E-state index contributed by atoms with van der Waals surface area (Å²) in [6.07, 6.45) is 1.44. The molecule has 3 nitrogen and oxygen atoms in total. The molecule has 0 unspecified atom stereocenters. The summed E-state index contributed by atoms with van der Waals surface area (Å²) in [7, 11) is 1.76.